The zero-order valence-electron chi connectivity index (χ0n) is 6.45. The number of thiazole rings is 1. The number of hydrogen-bond acceptors (Lipinski definition) is 4. The quantitative estimate of drug-likeness (QED) is 0.341. The van der Waals surface area contributed by atoms with Gasteiger partial charge in [0.25, 0.3) is 0 Å². The van der Waals surface area contributed by atoms with Crippen LogP contribution in [0.25, 0.3) is 0 Å². The van der Waals surface area contributed by atoms with E-state index >= 15 is 0 Å². The van der Waals surface area contributed by atoms with E-state index in [9.17, 15) is 4.79 Å². The summed E-state index contributed by atoms with van der Waals surface area (Å²) in [6, 6.07) is 0. The van der Waals surface area contributed by atoms with Gasteiger partial charge in [-0.05, 0) is 0 Å². The molecule has 1 aromatic heterocycles. The number of hydrogen-bond donors (Lipinski definition) is 1. The molecule has 0 aliphatic rings. The molecule has 0 saturated heterocycles. The molecule has 12 heavy (non-hydrogen) atoms. The molecule has 4 nitrogen and oxygen atoms in total. The zero-order chi connectivity index (χ0) is 9.14. The highest BCUT2D eigenvalue weighted by molar-refractivity contribution is 7.14. The summed E-state index contributed by atoms with van der Waals surface area (Å²) >= 11 is 6.82. The Bertz CT molecular complexity index is 288. The Hall–Kier alpha value is -0.650. The molecule has 2 N–H and O–H groups in total. The predicted octanol–water partition coefficient (Wildman–Crippen LogP) is 1.11. The van der Waals surface area contributed by atoms with E-state index in [0.717, 1.165) is 10.7 Å². The van der Waals surface area contributed by atoms with Gasteiger partial charge in [0.05, 0.1) is 11.6 Å². The van der Waals surface area contributed by atoms with E-state index < -0.39 is 0 Å². The molecule has 0 unspecified atom stereocenters. The minimum absolute atomic E-state index is 0.245. The van der Waals surface area contributed by atoms with E-state index in [4.69, 9.17) is 17.4 Å². The summed E-state index contributed by atoms with van der Waals surface area (Å²) in [6.07, 6.45) is 0. The van der Waals surface area contributed by atoms with Crippen molar-refractivity contribution in [2.45, 2.75) is 12.8 Å². The molecule has 1 aromatic rings. The number of alkyl halides is 1. The highest BCUT2D eigenvalue weighted by Crippen LogP contribution is 2.18. The number of nitrogens with two attached hydrogens (primary N) is 1. The van der Waals surface area contributed by atoms with Crippen LogP contribution in [0.5, 0.6) is 0 Å². The Balaban J connectivity index is 2.81. The molecule has 0 aromatic carbocycles. The van der Waals surface area contributed by atoms with Crippen molar-refractivity contribution in [3.8, 4) is 0 Å². The van der Waals surface area contributed by atoms with Crippen LogP contribution in [0.2, 0.25) is 0 Å². The van der Waals surface area contributed by atoms with E-state index in [1.807, 2.05) is 0 Å². The molecule has 0 bridgehead atoms. The summed E-state index contributed by atoms with van der Waals surface area (Å²) in [6.45, 7) is 1.38. The third kappa shape index (κ3) is 1.94. The molecule has 1 rings (SSSR count). The molecule has 1 heterocycles. The maximum absolute atomic E-state index is 10.8. The van der Waals surface area contributed by atoms with Gasteiger partial charge in [-0.3, -0.25) is 4.79 Å². The van der Waals surface area contributed by atoms with Crippen LogP contribution in [0.15, 0.2) is 5.38 Å². The fourth-order valence-electron chi connectivity index (χ4n) is 0.603. The second kappa shape index (κ2) is 3.84. The van der Waals surface area contributed by atoms with Crippen LogP contribution in [0.3, 0.4) is 0 Å². The minimum Gasteiger partial charge on any atom is -0.273 e. The number of halogens is 1. The molecule has 0 spiro atoms. The Labute approximate surface area is 78.9 Å². The van der Waals surface area contributed by atoms with E-state index in [2.05, 4.69) is 4.98 Å². The first-order chi connectivity index (χ1) is 5.65. The maximum atomic E-state index is 10.8. The summed E-state index contributed by atoms with van der Waals surface area (Å²) in [4.78, 5) is 14.8. The molecular formula is C6H8ClN3OS. The normalized spacial score (nSPS) is 9.92. The largest absolute Gasteiger partial charge is 0.273 e. The Morgan fingerprint density at radius 1 is 1.92 bits per heavy atom. The van der Waals surface area contributed by atoms with Crippen molar-refractivity contribution in [3.63, 3.8) is 0 Å². The average molecular weight is 206 g/mol. The second-order valence-electron chi connectivity index (χ2n) is 2.14. The number of carbonyl (C=O) groups excluding carboxylic acids is 1. The highest BCUT2D eigenvalue weighted by atomic mass is 35.5. The fourth-order valence-corrected chi connectivity index (χ4v) is 1.62. The number of amides is 1. The smallest absolute Gasteiger partial charge is 0.240 e. The zero-order valence-corrected chi connectivity index (χ0v) is 8.02. The molecule has 0 fully saturated rings. The Morgan fingerprint density at radius 3 is 3.00 bits per heavy atom. The Morgan fingerprint density at radius 2 is 2.58 bits per heavy atom. The van der Waals surface area contributed by atoms with Crippen LogP contribution in [0.4, 0.5) is 5.13 Å². The third-order valence-electron chi connectivity index (χ3n) is 1.22. The van der Waals surface area contributed by atoms with Gasteiger partial charge in [0.2, 0.25) is 11.0 Å². The highest BCUT2D eigenvalue weighted by Gasteiger charge is 2.10. The minimum atomic E-state index is -0.245. The fraction of sp³-hybridized carbons (Fsp3) is 0.333. The summed E-state index contributed by atoms with van der Waals surface area (Å²) in [5.74, 6) is 5.49. The average Bonchev–Trinajstić information content (AvgIpc) is 2.50. The Kier molecular flexibility index (Phi) is 3.02. The van der Waals surface area contributed by atoms with Crippen LogP contribution >= 0.6 is 22.9 Å². The first kappa shape index (κ1) is 9.44. The van der Waals surface area contributed by atoms with Gasteiger partial charge in [0.1, 0.15) is 0 Å². The maximum Gasteiger partial charge on any atom is 0.240 e. The van der Waals surface area contributed by atoms with E-state index in [1.54, 1.807) is 5.38 Å². The molecule has 1 amide bonds. The van der Waals surface area contributed by atoms with Crippen molar-refractivity contribution in [1.82, 2.24) is 4.98 Å². The molecule has 6 heteroatoms. The van der Waals surface area contributed by atoms with Crippen molar-refractivity contribution in [3.05, 3.63) is 11.1 Å². The van der Waals surface area contributed by atoms with Gasteiger partial charge >= 0.3 is 0 Å². The second-order valence-corrected chi connectivity index (χ2v) is 3.25. The summed E-state index contributed by atoms with van der Waals surface area (Å²) in [5.41, 5.74) is 0.730. The first-order valence-electron chi connectivity index (χ1n) is 3.21. The number of aromatic nitrogens is 1. The topological polar surface area (TPSA) is 59.2 Å². The lowest BCUT2D eigenvalue weighted by Crippen LogP contribution is -2.35. The number of hydrazine groups is 1. The standard InChI is InChI=1S/C6H8ClN3OS/c1-4(11)10(8)6-9-5(2-7)3-12-6/h3H,2,8H2,1H3. The molecule has 0 atom stereocenters. The van der Waals surface area contributed by atoms with E-state index in [-0.39, 0.29) is 5.91 Å². The third-order valence-corrected chi connectivity index (χ3v) is 2.38. The van der Waals surface area contributed by atoms with Gasteiger partial charge < -0.3 is 0 Å². The number of carbonyl (C=O) groups is 1. The predicted molar refractivity (Wildman–Crippen MR) is 49.0 cm³/mol. The van der Waals surface area contributed by atoms with Gasteiger partial charge in [-0.1, -0.05) is 0 Å². The lowest BCUT2D eigenvalue weighted by molar-refractivity contribution is -0.116. The first-order valence-corrected chi connectivity index (χ1v) is 4.62. The summed E-state index contributed by atoms with van der Waals surface area (Å²) < 4.78 is 0. The molecule has 0 aliphatic heterocycles. The molecule has 0 saturated carbocycles. The van der Waals surface area contributed by atoms with Crippen molar-refractivity contribution >= 4 is 34.0 Å². The summed E-state index contributed by atoms with van der Waals surface area (Å²) in [5, 5.41) is 3.24. The van der Waals surface area contributed by atoms with Gasteiger partial charge in [-0.25, -0.2) is 15.8 Å². The van der Waals surface area contributed by atoms with Gasteiger partial charge in [-0.2, -0.15) is 0 Å². The lowest BCUT2D eigenvalue weighted by atomic mass is 10.6. The number of anilines is 1. The van der Waals surface area contributed by atoms with Crippen molar-refractivity contribution in [2.24, 2.45) is 5.84 Å². The van der Waals surface area contributed by atoms with Crippen molar-refractivity contribution < 1.29 is 4.79 Å². The van der Waals surface area contributed by atoms with E-state index in [0.29, 0.717) is 11.0 Å². The molecule has 0 radical (unpaired) electrons. The van der Waals surface area contributed by atoms with Gasteiger partial charge in [0.15, 0.2) is 0 Å². The van der Waals surface area contributed by atoms with Crippen LogP contribution < -0.4 is 10.9 Å². The number of rotatable bonds is 2. The van der Waals surface area contributed by atoms with Crippen molar-refractivity contribution in [1.29, 1.82) is 0 Å². The SMILES string of the molecule is CC(=O)N(N)c1nc(CCl)cs1. The monoisotopic (exact) mass is 205 g/mol. The van der Waals surface area contributed by atoms with Crippen LogP contribution in [0, 0.1) is 0 Å². The van der Waals surface area contributed by atoms with Crippen molar-refractivity contribution in [2.75, 3.05) is 5.01 Å². The van der Waals surface area contributed by atoms with Gasteiger partial charge in [0, 0.05) is 12.3 Å². The van der Waals surface area contributed by atoms with Crippen LogP contribution in [-0.4, -0.2) is 10.9 Å². The number of nitrogens with zero attached hydrogens (tertiary/aromatic N) is 2. The van der Waals surface area contributed by atoms with E-state index in [1.165, 1.54) is 18.3 Å². The molecule has 66 valence electrons. The molecule has 0 aliphatic carbocycles. The summed E-state index contributed by atoms with van der Waals surface area (Å²) in [7, 11) is 0. The molecular weight excluding hydrogens is 198 g/mol. The van der Waals surface area contributed by atoms with Crippen LogP contribution in [0.1, 0.15) is 12.6 Å². The van der Waals surface area contributed by atoms with Crippen LogP contribution in [-0.2, 0) is 10.7 Å². The van der Waals surface area contributed by atoms with Gasteiger partial charge in [-0.15, -0.1) is 22.9 Å². The lowest BCUT2D eigenvalue weighted by Gasteiger charge is -2.08.